The molecular weight excluding hydrogens is 284 g/mol. The highest BCUT2D eigenvalue weighted by Gasteiger charge is 2.16. The topological polar surface area (TPSA) is 55.2 Å². The highest BCUT2D eigenvalue weighted by atomic mass is 79.9. The predicted molar refractivity (Wildman–Crippen MR) is 66.8 cm³/mol. The lowest BCUT2D eigenvalue weighted by molar-refractivity contribution is 0.209. The molecule has 1 N–H and O–H groups in total. The Hall–Kier alpha value is -1.46. The van der Waals surface area contributed by atoms with Gasteiger partial charge in [0.05, 0.1) is 19.0 Å². The largest absolute Gasteiger partial charge is 0.496 e. The molecule has 5 heteroatoms. The maximum Gasteiger partial charge on any atom is 0.126 e. The van der Waals surface area contributed by atoms with Crippen molar-refractivity contribution in [2.75, 3.05) is 7.11 Å². The lowest BCUT2D eigenvalue weighted by Crippen LogP contribution is -2.04. The van der Waals surface area contributed by atoms with Crippen molar-refractivity contribution in [2.24, 2.45) is 0 Å². The van der Waals surface area contributed by atoms with Crippen LogP contribution in [0.3, 0.4) is 0 Å². The van der Waals surface area contributed by atoms with Crippen LogP contribution in [0.5, 0.6) is 5.75 Å². The second-order valence-electron chi connectivity index (χ2n) is 3.42. The van der Waals surface area contributed by atoms with Gasteiger partial charge in [-0.05, 0) is 12.1 Å². The summed E-state index contributed by atoms with van der Waals surface area (Å²) in [6.07, 6.45) is 3.80. The van der Waals surface area contributed by atoms with Gasteiger partial charge in [0.15, 0.2) is 0 Å². The molecule has 0 bridgehead atoms. The van der Waals surface area contributed by atoms with Crippen molar-refractivity contribution in [3.05, 3.63) is 52.5 Å². The standard InChI is InChI=1S/C12H11BrN2O2/c1-17-11-6-8(13)2-3-9(11)12(16)10-7-14-4-5-15-10/h2-7,12,16H,1H3. The van der Waals surface area contributed by atoms with Crippen LogP contribution in [0.4, 0.5) is 0 Å². The van der Waals surface area contributed by atoms with Crippen LogP contribution in [0.2, 0.25) is 0 Å². The van der Waals surface area contributed by atoms with Crippen molar-refractivity contribution >= 4 is 15.9 Å². The Morgan fingerprint density at radius 1 is 1.35 bits per heavy atom. The van der Waals surface area contributed by atoms with Gasteiger partial charge in [-0.3, -0.25) is 9.97 Å². The summed E-state index contributed by atoms with van der Waals surface area (Å²) in [5.41, 5.74) is 1.16. The molecule has 88 valence electrons. The summed E-state index contributed by atoms with van der Waals surface area (Å²) in [6, 6.07) is 5.44. The van der Waals surface area contributed by atoms with Gasteiger partial charge in [-0.15, -0.1) is 0 Å². The van der Waals surface area contributed by atoms with Gasteiger partial charge in [0.2, 0.25) is 0 Å². The Morgan fingerprint density at radius 3 is 2.82 bits per heavy atom. The number of aliphatic hydroxyl groups is 1. The summed E-state index contributed by atoms with van der Waals surface area (Å²) in [5.74, 6) is 0.609. The van der Waals surface area contributed by atoms with E-state index in [4.69, 9.17) is 4.74 Å². The second kappa shape index (κ2) is 5.25. The predicted octanol–water partition coefficient (Wildman–Crippen LogP) is 2.33. The number of aliphatic hydroxyl groups excluding tert-OH is 1. The zero-order chi connectivity index (χ0) is 12.3. The van der Waals surface area contributed by atoms with Gasteiger partial charge in [0.25, 0.3) is 0 Å². The fraction of sp³-hybridized carbons (Fsp3) is 0.167. The number of halogens is 1. The average Bonchev–Trinajstić information content (AvgIpc) is 2.39. The quantitative estimate of drug-likeness (QED) is 0.944. The van der Waals surface area contributed by atoms with Crippen molar-refractivity contribution in [1.29, 1.82) is 0 Å². The molecule has 0 fully saturated rings. The molecular formula is C12H11BrN2O2. The lowest BCUT2D eigenvalue weighted by atomic mass is 10.1. The smallest absolute Gasteiger partial charge is 0.126 e. The third-order valence-electron chi connectivity index (χ3n) is 2.35. The minimum atomic E-state index is -0.841. The van der Waals surface area contributed by atoms with Crippen LogP contribution in [0.25, 0.3) is 0 Å². The first kappa shape index (κ1) is 12.0. The Bertz CT molecular complexity index is 505. The van der Waals surface area contributed by atoms with Gasteiger partial charge in [-0.2, -0.15) is 0 Å². The van der Waals surface area contributed by atoms with Crippen LogP contribution in [0.1, 0.15) is 17.4 Å². The normalized spacial score (nSPS) is 12.2. The minimum absolute atomic E-state index is 0.494. The van der Waals surface area contributed by atoms with E-state index in [-0.39, 0.29) is 0 Å². The van der Waals surface area contributed by atoms with Crippen molar-refractivity contribution in [1.82, 2.24) is 9.97 Å². The van der Waals surface area contributed by atoms with Crippen LogP contribution >= 0.6 is 15.9 Å². The molecule has 1 aromatic heterocycles. The molecule has 0 radical (unpaired) electrons. The highest BCUT2D eigenvalue weighted by molar-refractivity contribution is 9.10. The molecule has 0 aliphatic rings. The van der Waals surface area contributed by atoms with E-state index in [9.17, 15) is 5.11 Å². The van der Waals surface area contributed by atoms with Gasteiger partial charge in [0, 0.05) is 22.4 Å². The van der Waals surface area contributed by atoms with Gasteiger partial charge in [0.1, 0.15) is 11.9 Å². The van der Waals surface area contributed by atoms with Crippen LogP contribution in [-0.2, 0) is 0 Å². The van der Waals surface area contributed by atoms with Crippen molar-refractivity contribution < 1.29 is 9.84 Å². The molecule has 0 aliphatic carbocycles. The third-order valence-corrected chi connectivity index (χ3v) is 2.85. The van der Waals surface area contributed by atoms with Crippen molar-refractivity contribution in [3.63, 3.8) is 0 Å². The molecule has 2 aromatic rings. The number of aromatic nitrogens is 2. The van der Waals surface area contributed by atoms with E-state index >= 15 is 0 Å². The van der Waals surface area contributed by atoms with Gasteiger partial charge in [-0.1, -0.05) is 22.0 Å². The first-order valence-electron chi connectivity index (χ1n) is 5.00. The number of nitrogens with zero attached hydrogens (tertiary/aromatic N) is 2. The summed E-state index contributed by atoms with van der Waals surface area (Å²) in [5, 5.41) is 10.2. The maximum absolute atomic E-state index is 10.2. The van der Waals surface area contributed by atoms with Crippen LogP contribution in [0.15, 0.2) is 41.3 Å². The number of benzene rings is 1. The third kappa shape index (κ3) is 2.62. The summed E-state index contributed by atoms with van der Waals surface area (Å²) in [7, 11) is 1.56. The molecule has 1 unspecified atom stereocenters. The molecule has 0 saturated heterocycles. The summed E-state index contributed by atoms with van der Waals surface area (Å²) < 4.78 is 6.12. The van der Waals surface area contributed by atoms with Crippen molar-refractivity contribution in [2.45, 2.75) is 6.10 Å². The number of rotatable bonds is 3. The van der Waals surface area contributed by atoms with Gasteiger partial charge >= 0.3 is 0 Å². The minimum Gasteiger partial charge on any atom is -0.496 e. The number of hydrogen-bond donors (Lipinski definition) is 1. The number of ether oxygens (including phenoxy) is 1. The first-order chi connectivity index (χ1) is 8.22. The van der Waals surface area contributed by atoms with E-state index in [0.29, 0.717) is 17.0 Å². The summed E-state index contributed by atoms with van der Waals surface area (Å²) in [6.45, 7) is 0. The average molecular weight is 295 g/mol. The monoisotopic (exact) mass is 294 g/mol. The molecule has 1 atom stereocenters. The molecule has 1 heterocycles. The van der Waals surface area contributed by atoms with Crippen LogP contribution in [-0.4, -0.2) is 22.2 Å². The number of hydrogen-bond acceptors (Lipinski definition) is 4. The van der Waals surface area contributed by atoms with E-state index in [1.54, 1.807) is 31.6 Å². The van der Waals surface area contributed by atoms with Crippen molar-refractivity contribution in [3.8, 4) is 5.75 Å². The molecule has 4 nitrogen and oxygen atoms in total. The molecule has 17 heavy (non-hydrogen) atoms. The van der Waals surface area contributed by atoms with E-state index in [1.165, 1.54) is 6.20 Å². The zero-order valence-electron chi connectivity index (χ0n) is 9.17. The highest BCUT2D eigenvalue weighted by Crippen LogP contribution is 2.31. The Kier molecular flexibility index (Phi) is 3.71. The molecule has 0 aliphatic heterocycles. The molecule has 0 saturated carbocycles. The molecule has 0 amide bonds. The van der Waals surface area contributed by atoms with E-state index < -0.39 is 6.10 Å². The maximum atomic E-state index is 10.2. The van der Waals surface area contributed by atoms with E-state index in [0.717, 1.165) is 4.47 Å². The lowest BCUT2D eigenvalue weighted by Gasteiger charge is -2.14. The molecule has 0 spiro atoms. The Balaban J connectivity index is 2.40. The zero-order valence-corrected chi connectivity index (χ0v) is 10.8. The Labute approximate surface area is 107 Å². The fourth-order valence-electron chi connectivity index (χ4n) is 1.52. The second-order valence-corrected chi connectivity index (χ2v) is 4.33. The summed E-state index contributed by atoms with van der Waals surface area (Å²) >= 11 is 3.35. The summed E-state index contributed by atoms with van der Waals surface area (Å²) in [4.78, 5) is 8.00. The SMILES string of the molecule is COc1cc(Br)ccc1C(O)c1cnccn1. The van der Waals surface area contributed by atoms with Crippen LogP contribution < -0.4 is 4.74 Å². The first-order valence-corrected chi connectivity index (χ1v) is 5.79. The van der Waals surface area contributed by atoms with Gasteiger partial charge < -0.3 is 9.84 Å². The molecule has 2 rings (SSSR count). The van der Waals surface area contributed by atoms with E-state index in [1.807, 2.05) is 6.07 Å². The molecule has 1 aromatic carbocycles. The van der Waals surface area contributed by atoms with Crippen LogP contribution in [0, 0.1) is 0 Å². The van der Waals surface area contributed by atoms with E-state index in [2.05, 4.69) is 25.9 Å². The Morgan fingerprint density at radius 2 is 2.18 bits per heavy atom. The number of methoxy groups -OCH3 is 1. The fourth-order valence-corrected chi connectivity index (χ4v) is 1.86. The van der Waals surface area contributed by atoms with Gasteiger partial charge in [-0.25, -0.2) is 0 Å².